The second-order valence-electron chi connectivity index (χ2n) is 13.4. The number of anilines is 2. The molecule has 0 bridgehead atoms. The van der Waals surface area contributed by atoms with Crippen molar-refractivity contribution < 1.29 is 18.3 Å². The van der Waals surface area contributed by atoms with Crippen LogP contribution in [0.4, 0.5) is 19.6 Å². The Balaban J connectivity index is 1.33. The zero-order chi connectivity index (χ0) is 32.1. The van der Waals surface area contributed by atoms with Crippen LogP contribution < -0.4 is 20.1 Å². The van der Waals surface area contributed by atoms with Crippen LogP contribution in [0, 0.1) is 28.4 Å². The molecular formula is C33H34ClF2N7O2S. The molecule has 3 fully saturated rings. The Morgan fingerprint density at radius 2 is 1.98 bits per heavy atom. The van der Waals surface area contributed by atoms with E-state index in [4.69, 9.17) is 31.8 Å². The molecule has 0 radical (unpaired) electrons. The highest BCUT2D eigenvalue weighted by Gasteiger charge is 2.53. The predicted molar refractivity (Wildman–Crippen MR) is 176 cm³/mol. The second-order valence-corrected chi connectivity index (χ2v) is 14.9. The highest BCUT2D eigenvalue weighted by Crippen LogP contribution is 2.54. The molecule has 2 saturated heterocycles. The number of aromatic nitrogens is 2. The highest BCUT2D eigenvalue weighted by molar-refractivity contribution is 7.23. The lowest BCUT2D eigenvalue weighted by atomic mass is 9.60. The summed E-state index contributed by atoms with van der Waals surface area (Å²) in [6.45, 7) is 5.94. The topological polar surface area (TPSA) is 104 Å². The molecule has 5 heterocycles. The van der Waals surface area contributed by atoms with E-state index in [9.17, 15) is 9.65 Å². The summed E-state index contributed by atoms with van der Waals surface area (Å²) in [5, 5.41) is 10.7. The number of hydrogen-bond acceptors (Lipinski definition) is 10. The minimum absolute atomic E-state index is 0.00451. The van der Waals surface area contributed by atoms with Crippen molar-refractivity contribution in [2.24, 2.45) is 5.41 Å². The van der Waals surface area contributed by atoms with Crippen LogP contribution in [0.2, 0.25) is 5.02 Å². The summed E-state index contributed by atoms with van der Waals surface area (Å²) < 4.78 is 45.0. The first-order valence-electron chi connectivity index (χ1n) is 15.7. The molecule has 0 unspecified atom stereocenters. The van der Waals surface area contributed by atoms with Crippen molar-refractivity contribution in [1.82, 2.24) is 19.8 Å². The zero-order valence-electron chi connectivity index (χ0n) is 25.9. The molecule has 0 amide bonds. The number of benzene rings is 2. The molecule has 3 aliphatic heterocycles. The second kappa shape index (κ2) is 10.8. The summed E-state index contributed by atoms with van der Waals surface area (Å²) in [7, 11) is 4.21. The van der Waals surface area contributed by atoms with Crippen LogP contribution in [0.5, 0.6) is 11.8 Å². The van der Waals surface area contributed by atoms with Crippen LogP contribution in [0.1, 0.15) is 38.2 Å². The number of nitrogens with zero attached hydrogens (tertiary/aromatic N) is 6. The Morgan fingerprint density at radius 1 is 1.20 bits per heavy atom. The maximum absolute atomic E-state index is 17.2. The number of halogens is 3. The number of hydrogen-bond donors (Lipinski definition) is 1. The van der Waals surface area contributed by atoms with Gasteiger partial charge in [0, 0.05) is 36.1 Å². The number of ether oxygens (including phenoxy) is 2. The fourth-order valence-corrected chi connectivity index (χ4v) is 9.66. The maximum atomic E-state index is 17.2. The van der Waals surface area contributed by atoms with E-state index in [-0.39, 0.29) is 72.3 Å². The van der Waals surface area contributed by atoms with Gasteiger partial charge >= 0.3 is 6.01 Å². The summed E-state index contributed by atoms with van der Waals surface area (Å²) in [6.07, 6.45) is 3.85. The third-order valence-electron chi connectivity index (χ3n) is 10.4. The number of fused-ring (bicyclic) bond motifs is 1. The van der Waals surface area contributed by atoms with Crippen molar-refractivity contribution in [3.63, 3.8) is 0 Å². The van der Waals surface area contributed by atoms with Gasteiger partial charge in [0.15, 0.2) is 11.6 Å². The van der Waals surface area contributed by atoms with Gasteiger partial charge in [-0.15, -0.1) is 11.3 Å². The average molecular weight is 666 g/mol. The lowest BCUT2D eigenvalue weighted by molar-refractivity contribution is -0.0581. The summed E-state index contributed by atoms with van der Waals surface area (Å²) in [6, 6.07) is 5.20. The molecule has 1 aliphatic carbocycles. The molecule has 240 valence electrons. The van der Waals surface area contributed by atoms with E-state index in [2.05, 4.69) is 39.8 Å². The van der Waals surface area contributed by atoms with Gasteiger partial charge in [0.1, 0.15) is 40.9 Å². The van der Waals surface area contributed by atoms with E-state index in [1.165, 1.54) is 12.1 Å². The van der Waals surface area contributed by atoms with E-state index < -0.39 is 11.6 Å². The fraction of sp³-hybridized carbons (Fsp3) is 0.485. The molecule has 2 aromatic carbocycles. The summed E-state index contributed by atoms with van der Waals surface area (Å²) in [5.74, 6) is -0.472. The van der Waals surface area contributed by atoms with Crippen LogP contribution >= 0.6 is 22.9 Å². The largest absolute Gasteiger partial charge is 0.489 e. The van der Waals surface area contributed by atoms with Crippen LogP contribution in [0.15, 0.2) is 12.1 Å². The summed E-state index contributed by atoms with van der Waals surface area (Å²) in [5.41, 5.74) is 6.71. The van der Waals surface area contributed by atoms with Gasteiger partial charge in [0.2, 0.25) is 0 Å². The molecule has 2 N–H and O–H groups in total. The first-order chi connectivity index (χ1) is 22.1. The van der Waals surface area contributed by atoms with Crippen molar-refractivity contribution in [3.05, 3.63) is 34.4 Å². The summed E-state index contributed by atoms with van der Waals surface area (Å²) >= 11 is 8.00. The zero-order valence-corrected chi connectivity index (χ0v) is 27.4. The Morgan fingerprint density at radius 3 is 2.67 bits per heavy atom. The highest BCUT2D eigenvalue weighted by atomic mass is 35.5. The molecule has 1 saturated carbocycles. The minimum Gasteiger partial charge on any atom is -0.489 e. The van der Waals surface area contributed by atoms with Crippen molar-refractivity contribution in [2.45, 2.75) is 50.8 Å². The molecule has 1 spiro atoms. The Labute approximate surface area is 274 Å². The molecule has 8 rings (SSSR count). The van der Waals surface area contributed by atoms with Gasteiger partial charge < -0.3 is 25.0 Å². The number of thiophene rings is 1. The number of likely N-dealkylation sites (tertiary alicyclic amines) is 2. The minimum atomic E-state index is -0.722. The fourth-order valence-electron chi connectivity index (χ4n) is 8.37. The first-order valence-corrected chi connectivity index (χ1v) is 16.9. The Bertz CT molecular complexity index is 1950. The van der Waals surface area contributed by atoms with Gasteiger partial charge in [-0.3, -0.25) is 4.90 Å². The molecule has 2 atom stereocenters. The third kappa shape index (κ3) is 4.43. The van der Waals surface area contributed by atoms with Crippen LogP contribution in [0.3, 0.4) is 0 Å². The van der Waals surface area contributed by atoms with Crippen LogP contribution in [0.25, 0.3) is 32.1 Å². The number of rotatable bonds is 5. The van der Waals surface area contributed by atoms with E-state index in [1.807, 2.05) is 6.92 Å². The van der Waals surface area contributed by atoms with Gasteiger partial charge in [-0.1, -0.05) is 17.7 Å². The van der Waals surface area contributed by atoms with Crippen molar-refractivity contribution in [2.75, 3.05) is 57.5 Å². The lowest BCUT2D eigenvalue weighted by Crippen LogP contribution is -2.65. The number of nitriles is 1. The number of likely N-dealkylation sites (N-methyl/N-ethyl adjacent to an activating group) is 1. The maximum Gasteiger partial charge on any atom is 0.319 e. The van der Waals surface area contributed by atoms with E-state index in [0.29, 0.717) is 29.8 Å². The predicted octanol–water partition coefficient (Wildman–Crippen LogP) is 6.05. The first kappa shape index (κ1) is 29.9. The normalized spacial score (nSPS) is 22.0. The monoisotopic (exact) mass is 665 g/mol. The molecule has 13 heteroatoms. The van der Waals surface area contributed by atoms with E-state index >= 15 is 4.39 Å². The molecule has 4 aliphatic rings. The Kier molecular flexibility index (Phi) is 6.99. The van der Waals surface area contributed by atoms with Gasteiger partial charge in [0.05, 0.1) is 27.2 Å². The smallest absolute Gasteiger partial charge is 0.319 e. The van der Waals surface area contributed by atoms with E-state index in [1.54, 1.807) is 0 Å². The summed E-state index contributed by atoms with van der Waals surface area (Å²) in [4.78, 5) is 16.4. The van der Waals surface area contributed by atoms with Crippen molar-refractivity contribution in [3.8, 4) is 29.0 Å². The van der Waals surface area contributed by atoms with Crippen LogP contribution in [-0.2, 0) is 0 Å². The van der Waals surface area contributed by atoms with Gasteiger partial charge in [-0.05, 0) is 70.3 Å². The lowest BCUT2D eigenvalue weighted by Gasteiger charge is -2.60. The Hall–Kier alpha value is -3.50. The molecule has 9 nitrogen and oxygen atoms in total. The van der Waals surface area contributed by atoms with Gasteiger partial charge in [-0.25, -0.2) is 8.78 Å². The molecule has 46 heavy (non-hydrogen) atoms. The van der Waals surface area contributed by atoms with Gasteiger partial charge in [-0.2, -0.15) is 15.2 Å². The van der Waals surface area contributed by atoms with Crippen molar-refractivity contribution in [1.29, 1.82) is 5.26 Å². The molecule has 4 aromatic rings. The average Bonchev–Trinajstić information content (AvgIpc) is 3.52. The standard InChI is InChI=1S/C33H34ClF2N7O2S/c1-16(21-5-4-8-42(21)3)45-32-39-27-24-28(44-10-9-43(31(24)40-32)17-11-33(12-17)14-41(2)15-33)25(34)23(26(27)36)18-6-7-20(35)29-22(18)19(13-37)30(38)46-29/h6-7,16-17,21H,4-5,8-12,14-15,38H2,1-3H3/t16-,21-/m0/s1. The van der Waals surface area contributed by atoms with Crippen molar-refractivity contribution >= 4 is 54.7 Å². The quantitative estimate of drug-likeness (QED) is 0.273. The van der Waals surface area contributed by atoms with Crippen LogP contribution in [-0.4, -0.2) is 84.8 Å². The molecule has 2 aromatic heterocycles. The molecular weight excluding hydrogens is 632 g/mol. The number of nitrogens with two attached hydrogens (primary N) is 1. The van der Waals surface area contributed by atoms with Gasteiger partial charge in [0.25, 0.3) is 0 Å². The SMILES string of the molecule is C[C@H](Oc1nc2c3c(c(Cl)c(-c4ccc(F)c5sc(N)c(C#N)c45)c(F)c3n1)OCCN2C1CC2(C1)CN(C)C2)[C@@H]1CCCN1C. The van der Waals surface area contributed by atoms with E-state index in [0.717, 1.165) is 56.7 Å². The third-order valence-corrected chi connectivity index (χ3v) is 11.8. The number of nitrogen functional groups attached to an aromatic ring is 1.